The number of anilines is 1. The van der Waals surface area contributed by atoms with Crippen molar-refractivity contribution in [3.05, 3.63) is 36.3 Å². The Labute approximate surface area is 143 Å². The topological polar surface area (TPSA) is 75.7 Å². The van der Waals surface area contributed by atoms with E-state index in [1.54, 1.807) is 0 Å². The van der Waals surface area contributed by atoms with E-state index in [9.17, 15) is 26.4 Å². The first-order valence-electron chi connectivity index (χ1n) is 7.40. The SMILES string of the molecule is C=CS(=O)(=O)N1CCC[C@H](C(=O)Nc2ccc(OC(F)(F)F)cc2)C1. The standard InChI is InChI=1S/C15H17F3N2O4S/c1-2-25(22,23)20-9-3-4-11(10-20)14(21)19-12-5-7-13(8-6-12)24-15(16,17)18/h2,5-8,11H,1,3-4,9-10H2,(H,19,21)/t11-/m0/s1. The predicted octanol–water partition coefficient (Wildman–Crippen LogP) is 2.71. The normalized spacial score (nSPS) is 19.2. The number of hydrogen-bond acceptors (Lipinski definition) is 4. The number of rotatable bonds is 5. The molecule has 1 aromatic rings. The minimum Gasteiger partial charge on any atom is -0.406 e. The zero-order valence-electron chi connectivity index (χ0n) is 13.1. The lowest BCUT2D eigenvalue weighted by Crippen LogP contribution is -2.42. The van der Waals surface area contributed by atoms with Crippen molar-refractivity contribution in [2.24, 2.45) is 5.92 Å². The molecule has 1 aliphatic heterocycles. The molecular weight excluding hydrogens is 361 g/mol. The van der Waals surface area contributed by atoms with Crippen LogP contribution in [0.5, 0.6) is 5.75 Å². The van der Waals surface area contributed by atoms with Crippen molar-refractivity contribution in [3.8, 4) is 5.75 Å². The van der Waals surface area contributed by atoms with E-state index in [4.69, 9.17) is 0 Å². The monoisotopic (exact) mass is 378 g/mol. The van der Waals surface area contributed by atoms with Gasteiger partial charge in [-0.25, -0.2) is 8.42 Å². The molecule has 1 heterocycles. The second-order valence-corrected chi connectivity index (χ2v) is 7.35. The minimum absolute atomic E-state index is 0.0372. The van der Waals surface area contributed by atoms with E-state index < -0.39 is 34.0 Å². The fourth-order valence-corrected chi connectivity index (χ4v) is 3.46. The van der Waals surface area contributed by atoms with Crippen molar-refractivity contribution in [2.75, 3.05) is 18.4 Å². The Morgan fingerprint density at radius 2 is 1.96 bits per heavy atom. The number of piperidine rings is 1. The molecule has 0 saturated carbocycles. The van der Waals surface area contributed by atoms with Gasteiger partial charge in [0, 0.05) is 24.2 Å². The van der Waals surface area contributed by atoms with Crippen LogP contribution in [0, 0.1) is 5.92 Å². The first kappa shape index (κ1) is 19.3. The van der Waals surface area contributed by atoms with Gasteiger partial charge >= 0.3 is 6.36 Å². The fourth-order valence-electron chi connectivity index (χ4n) is 2.48. The van der Waals surface area contributed by atoms with Crippen molar-refractivity contribution in [2.45, 2.75) is 19.2 Å². The number of hydrogen-bond donors (Lipinski definition) is 1. The van der Waals surface area contributed by atoms with Crippen LogP contribution < -0.4 is 10.1 Å². The highest BCUT2D eigenvalue weighted by Crippen LogP contribution is 2.25. The van der Waals surface area contributed by atoms with Crippen LogP contribution in [0.25, 0.3) is 0 Å². The Morgan fingerprint density at radius 1 is 1.32 bits per heavy atom. The zero-order valence-corrected chi connectivity index (χ0v) is 13.9. The van der Waals surface area contributed by atoms with Gasteiger partial charge in [0.25, 0.3) is 0 Å². The van der Waals surface area contributed by atoms with Gasteiger partial charge in [-0.1, -0.05) is 6.58 Å². The Hall–Kier alpha value is -2.07. The summed E-state index contributed by atoms with van der Waals surface area (Å²) < 4.78 is 64.9. The van der Waals surface area contributed by atoms with Gasteiger partial charge in [0.15, 0.2) is 0 Å². The van der Waals surface area contributed by atoms with Crippen molar-refractivity contribution in [1.29, 1.82) is 0 Å². The van der Waals surface area contributed by atoms with Crippen LogP contribution in [0.15, 0.2) is 36.3 Å². The Kier molecular flexibility index (Phi) is 5.73. The molecule has 1 amide bonds. The van der Waals surface area contributed by atoms with Crippen LogP contribution in [-0.4, -0.2) is 38.1 Å². The van der Waals surface area contributed by atoms with Crippen LogP contribution in [0.4, 0.5) is 18.9 Å². The highest BCUT2D eigenvalue weighted by Gasteiger charge is 2.32. The van der Waals surface area contributed by atoms with Gasteiger partial charge in [0.05, 0.1) is 5.92 Å². The highest BCUT2D eigenvalue weighted by atomic mass is 32.2. The van der Waals surface area contributed by atoms with Crippen LogP contribution >= 0.6 is 0 Å². The third-order valence-corrected chi connectivity index (χ3v) is 5.15. The van der Waals surface area contributed by atoms with Gasteiger partial charge in [0.2, 0.25) is 15.9 Å². The number of ether oxygens (including phenoxy) is 1. The lowest BCUT2D eigenvalue weighted by Gasteiger charge is -2.30. The van der Waals surface area contributed by atoms with Gasteiger partial charge in [-0.05, 0) is 37.1 Å². The Morgan fingerprint density at radius 3 is 2.52 bits per heavy atom. The summed E-state index contributed by atoms with van der Waals surface area (Å²) in [5.41, 5.74) is 0.295. The Bertz CT molecular complexity index is 732. The molecule has 1 aromatic carbocycles. The Balaban J connectivity index is 1.98. The highest BCUT2D eigenvalue weighted by molar-refractivity contribution is 7.92. The van der Waals surface area contributed by atoms with Gasteiger partial charge in [-0.2, -0.15) is 4.31 Å². The molecule has 0 unspecified atom stereocenters. The lowest BCUT2D eigenvalue weighted by molar-refractivity contribution is -0.274. The first-order chi connectivity index (χ1) is 11.6. The van der Waals surface area contributed by atoms with Crippen molar-refractivity contribution in [1.82, 2.24) is 4.31 Å². The molecule has 6 nitrogen and oxygen atoms in total. The summed E-state index contributed by atoms with van der Waals surface area (Å²) in [5, 5.41) is 3.41. The van der Waals surface area contributed by atoms with Gasteiger partial charge in [-0.3, -0.25) is 4.79 Å². The van der Waals surface area contributed by atoms with Crippen LogP contribution in [0.3, 0.4) is 0 Å². The number of alkyl halides is 3. The molecule has 138 valence electrons. The molecule has 0 spiro atoms. The number of sulfonamides is 1. The summed E-state index contributed by atoms with van der Waals surface area (Å²) in [6, 6.07) is 4.72. The van der Waals surface area contributed by atoms with Crippen LogP contribution in [0.1, 0.15) is 12.8 Å². The predicted molar refractivity (Wildman–Crippen MR) is 85.2 cm³/mol. The molecule has 0 radical (unpaired) electrons. The maximum absolute atomic E-state index is 12.3. The van der Waals surface area contributed by atoms with E-state index in [-0.39, 0.29) is 6.54 Å². The average molecular weight is 378 g/mol. The summed E-state index contributed by atoms with van der Waals surface area (Å²) in [6.45, 7) is 3.61. The summed E-state index contributed by atoms with van der Waals surface area (Å²) in [7, 11) is -3.59. The summed E-state index contributed by atoms with van der Waals surface area (Å²) in [5.74, 6) is -1.34. The molecule has 0 aromatic heterocycles. The number of nitrogens with zero attached hydrogens (tertiary/aromatic N) is 1. The number of carbonyl (C=O) groups excluding carboxylic acids is 1. The molecular formula is C15H17F3N2O4S. The van der Waals surface area contributed by atoms with E-state index in [2.05, 4.69) is 16.6 Å². The third kappa shape index (κ3) is 5.46. The van der Waals surface area contributed by atoms with E-state index in [1.807, 2.05) is 0 Å². The van der Waals surface area contributed by atoms with E-state index in [0.29, 0.717) is 25.1 Å². The van der Waals surface area contributed by atoms with E-state index in [1.165, 1.54) is 16.4 Å². The maximum atomic E-state index is 12.3. The maximum Gasteiger partial charge on any atom is 0.573 e. The lowest BCUT2D eigenvalue weighted by atomic mass is 9.99. The average Bonchev–Trinajstić information content (AvgIpc) is 2.55. The minimum atomic E-state index is -4.78. The summed E-state index contributed by atoms with van der Waals surface area (Å²) >= 11 is 0. The third-order valence-electron chi connectivity index (χ3n) is 3.68. The van der Waals surface area contributed by atoms with E-state index >= 15 is 0 Å². The van der Waals surface area contributed by atoms with Gasteiger partial charge < -0.3 is 10.1 Å². The van der Waals surface area contributed by atoms with Crippen LogP contribution in [0.2, 0.25) is 0 Å². The summed E-state index contributed by atoms with van der Waals surface area (Å²) in [6.07, 6.45) is -3.74. The second kappa shape index (κ2) is 7.44. The van der Waals surface area contributed by atoms with Gasteiger partial charge in [-0.15, -0.1) is 13.2 Å². The second-order valence-electron chi connectivity index (χ2n) is 5.47. The molecule has 2 rings (SSSR count). The van der Waals surface area contributed by atoms with Crippen molar-refractivity contribution >= 4 is 21.6 Å². The number of benzene rings is 1. The molecule has 1 N–H and O–H groups in total. The summed E-state index contributed by atoms with van der Waals surface area (Å²) in [4.78, 5) is 12.3. The number of nitrogens with one attached hydrogen (secondary N) is 1. The largest absolute Gasteiger partial charge is 0.573 e. The number of amides is 1. The molecule has 10 heteroatoms. The molecule has 25 heavy (non-hydrogen) atoms. The molecule has 1 atom stereocenters. The molecule has 1 saturated heterocycles. The smallest absolute Gasteiger partial charge is 0.406 e. The van der Waals surface area contributed by atoms with Gasteiger partial charge in [0.1, 0.15) is 5.75 Å². The first-order valence-corrected chi connectivity index (χ1v) is 8.90. The number of carbonyl (C=O) groups is 1. The quantitative estimate of drug-likeness (QED) is 0.855. The van der Waals surface area contributed by atoms with Crippen molar-refractivity contribution in [3.63, 3.8) is 0 Å². The molecule has 0 aliphatic carbocycles. The van der Waals surface area contributed by atoms with Crippen LogP contribution in [-0.2, 0) is 14.8 Å². The van der Waals surface area contributed by atoms with Crippen molar-refractivity contribution < 1.29 is 31.1 Å². The molecule has 0 bridgehead atoms. The molecule has 1 fully saturated rings. The van der Waals surface area contributed by atoms with E-state index in [0.717, 1.165) is 17.5 Å². The molecule has 1 aliphatic rings. The zero-order chi connectivity index (χ0) is 18.7. The number of halogens is 3. The fraction of sp³-hybridized carbons (Fsp3) is 0.400.